The topological polar surface area (TPSA) is 29.5 Å². The first-order valence-corrected chi connectivity index (χ1v) is 6.33. The molecule has 2 rings (SSSR count). The predicted molar refractivity (Wildman–Crippen MR) is 62.3 cm³/mol. The lowest BCUT2D eigenvalue weighted by Gasteiger charge is -2.26. The van der Waals surface area contributed by atoms with E-state index in [0.29, 0.717) is 5.92 Å². The Bertz CT molecular complexity index is 326. The molecule has 1 atom stereocenters. The zero-order valence-electron chi connectivity index (χ0n) is 9.32. The van der Waals surface area contributed by atoms with Crippen molar-refractivity contribution in [3.63, 3.8) is 0 Å². The van der Waals surface area contributed by atoms with Crippen molar-refractivity contribution in [1.82, 2.24) is 0 Å². The lowest BCUT2D eigenvalue weighted by Crippen LogP contribution is -2.21. The molecule has 0 aromatic carbocycles. The summed E-state index contributed by atoms with van der Waals surface area (Å²) in [4.78, 5) is 2.44. The fraction of sp³-hybridized carbons (Fsp3) is 0.667. The summed E-state index contributed by atoms with van der Waals surface area (Å²) in [5.74, 6) is 0.385. The number of rotatable bonds is 2. The van der Waals surface area contributed by atoms with Crippen LogP contribution in [0.1, 0.15) is 34.3 Å². The lowest BCUT2D eigenvalue weighted by molar-refractivity contribution is 0.00833. The highest BCUT2D eigenvalue weighted by Gasteiger charge is 2.25. The fourth-order valence-electron chi connectivity index (χ4n) is 2.20. The van der Waals surface area contributed by atoms with Crippen LogP contribution >= 0.6 is 11.3 Å². The van der Waals surface area contributed by atoms with E-state index in [4.69, 9.17) is 4.74 Å². The molecule has 3 heteroatoms. The Kier molecular flexibility index (Phi) is 3.44. The molecule has 1 saturated heterocycles. The minimum atomic E-state index is -0.285. The van der Waals surface area contributed by atoms with E-state index in [1.807, 2.05) is 0 Å². The van der Waals surface area contributed by atoms with Crippen LogP contribution in [0.5, 0.6) is 0 Å². The molecule has 0 spiro atoms. The summed E-state index contributed by atoms with van der Waals surface area (Å²) >= 11 is 1.73. The highest BCUT2D eigenvalue weighted by atomic mass is 32.1. The van der Waals surface area contributed by atoms with Crippen molar-refractivity contribution >= 4 is 11.3 Å². The van der Waals surface area contributed by atoms with Crippen LogP contribution in [0.2, 0.25) is 0 Å². The molecule has 15 heavy (non-hydrogen) atoms. The molecule has 0 aliphatic carbocycles. The second kappa shape index (κ2) is 4.64. The average Bonchev–Trinajstić information content (AvgIpc) is 2.58. The molecule has 1 N–H and O–H groups in total. The molecule has 1 unspecified atom stereocenters. The summed E-state index contributed by atoms with van der Waals surface area (Å²) in [6.07, 6.45) is 1.68. The van der Waals surface area contributed by atoms with Crippen molar-refractivity contribution in [3.8, 4) is 0 Å². The van der Waals surface area contributed by atoms with Gasteiger partial charge in [0, 0.05) is 23.0 Å². The molecule has 1 aromatic rings. The van der Waals surface area contributed by atoms with Crippen LogP contribution < -0.4 is 0 Å². The smallest absolute Gasteiger partial charge is 0.0914 e. The third kappa shape index (κ3) is 2.41. The first-order valence-electron chi connectivity index (χ1n) is 5.51. The molecule has 84 valence electrons. The fourth-order valence-corrected chi connectivity index (χ4v) is 3.31. The van der Waals surface area contributed by atoms with Gasteiger partial charge in [-0.25, -0.2) is 0 Å². The summed E-state index contributed by atoms with van der Waals surface area (Å²) < 4.78 is 5.31. The lowest BCUT2D eigenvalue weighted by atomic mass is 9.92. The Hall–Kier alpha value is -0.380. The van der Waals surface area contributed by atoms with E-state index in [2.05, 4.69) is 19.9 Å². The summed E-state index contributed by atoms with van der Waals surface area (Å²) in [6, 6.07) is 2.16. The summed E-state index contributed by atoms with van der Waals surface area (Å²) in [7, 11) is 0. The van der Waals surface area contributed by atoms with Crippen LogP contribution in [0.3, 0.4) is 0 Å². The second-order valence-corrected chi connectivity index (χ2v) is 5.59. The van der Waals surface area contributed by atoms with Crippen LogP contribution in [0.25, 0.3) is 0 Å². The minimum Gasteiger partial charge on any atom is -0.387 e. The van der Waals surface area contributed by atoms with Crippen molar-refractivity contribution in [2.75, 3.05) is 13.2 Å². The van der Waals surface area contributed by atoms with Crippen molar-refractivity contribution in [2.45, 2.75) is 32.8 Å². The van der Waals surface area contributed by atoms with Gasteiger partial charge in [0.25, 0.3) is 0 Å². The number of aryl methyl sites for hydroxylation is 2. The molecule has 1 aliphatic heterocycles. The molecule has 0 radical (unpaired) electrons. The van der Waals surface area contributed by atoms with Gasteiger partial charge in [0.15, 0.2) is 0 Å². The first kappa shape index (κ1) is 11.1. The maximum absolute atomic E-state index is 10.3. The number of thiophene rings is 1. The number of aliphatic hydroxyl groups is 1. The number of hydrogen-bond acceptors (Lipinski definition) is 3. The Balaban J connectivity index is 2.12. The number of ether oxygens (including phenoxy) is 1. The van der Waals surface area contributed by atoms with E-state index >= 15 is 0 Å². The molecular weight excluding hydrogens is 208 g/mol. The third-order valence-electron chi connectivity index (χ3n) is 3.06. The predicted octanol–water partition coefficient (Wildman–Crippen LogP) is 2.82. The van der Waals surface area contributed by atoms with Crippen LogP contribution in [0.15, 0.2) is 6.07 Å². The molecular formula is C12H18O2S. The summed E-state index contributed by atoms with van der Waals surface area (Å²) in [6.45, 7) is 5.77. The number of hydrogen-bond donors (Lipinski definition) is 1. The van der Waals surface area contributed by atoms with Crippen LogP contribution in [-0.4, -0.2) is 18.3 Å². The standard InChI is InChI=1S/C12H18O2S/c1-8-7-9(2)15-12(8)11(13)10-3-5-14-6-4-10/h7,10-11,13H,3-6H2,1-2H3. The summed E-state index contributed by atoms with van der Waals surface area (Å²) in [5, 5.41) is 10.3. The van der Waals surface area contributed by atoms with E-state index in [-0.39, 0.29) is 6.10 Å². The maximum Gasteiger partial charge on any atom is 0.0914 e. The maximum atomic E-state index is 10.3. The SMILES string of the molecule is Cc1cc(C)c(C(O)C2CCOCC2)s1. The molecule has 0 amide bonds. The van der Waals surface area contributed by atoms with Crippen molar-refractivity contribution in [3.05, 3.63) is 21.4 Å². The molecule has 0 saturated carbocycles. The average molecular weight is 226 g/mol. The molecule has 2 nitrogen and oxygen atoms in total. The minimum absolute atomic E-state index is 0.285. The van der Waals surface area contributed by atoms with Gasteiger partial charge in [-0.3, -0.25) is 0 Å². The Morgan fingerprint density at radius 2 is 2.07 bits per heavy atom. The molecule has 1 aliphatic rings. The Labute approximate surface area is 94.9 Å². The van der Waals surface area contributed by atoms with E-state index < -0.39 is 0 Å². The zero-order chi connectivity index (χ0) is 10.8. The highest BCUT2D eigenvalue weighted by molar-refractivity contribution is 7.12. The van der Waals surface area contributed by atoms with E-state index in [9.17, 15) is 5.11 Å². The van der Waals surface area contributed by atoms with E-state index in [1.54, 1.807) is 11.3 Å². The highest BCUT2D eigenvalue weighted by Crippen LogP contribution is 2.35. The van der Waals surface area contributed by atoms with Gasteiger partial charge in [-0.15, -0.1) is 11.3 Å². The Morgan fingerprint density at radius 3 is 2.60 bits per heavy atom. The quantitative estimate of drug-likeness (QED) is 0.840. The largest absolute Gasteiger partial charge is 0.387 e. The molecule has 1 aromatic heterocycles. The van der Waals surface area contributed by atoms with Gasteiger partial charge in [-0.2, -0.15) is 0 Å². The molecule has 1 fully saturated rings. The zero-order valence-corrected chi connectivity index (χ0v) is 10.1. The molecule has 0 bridgehead atoms. The van der Waals surface area contributed by atoms with Crippen molar-refractivity contribution < 1.29 is 9.84 Å². The Morgan fingerprint density at radius 1 is 1.40 bits per heavy atom. The van der Waals surface area contributed by atoms with Gasteiger partial charge in [0.05, 0.1) is 6.10 Å². The van der Waals surface area contributed by atoms with Crippen molar-refractivity contribution in [2.24, 2.45) is 5.92 Å². The molecule has 2 heterocycles. The first-order chi connectivity index (χ1) is 7.18. The normalized spacial score (nSPS) is 20.5. The van der Waals surface area contributed by atoms with E-state index in [1.165, 1.54) is 10.4 Å². The van der Waals surface area contributed by atoms with Crippen LogP contribution in [-0.2, 0) is 4.74 Å². The summed E-state index contributed by atoms with van der Waals surface area (Å²) in [5.41, 5.74) is 1.23. The second-order valence-electron chi connectivity index (χ2n) is 4.30. The van der Waals surface area contributed by atoms with Gasteiger partial charge in [-0.1, -0.05) is 0 Å². The van der Waals surface area contributed by atoms with Crippen LogP contribution in [0, 0.1) is 19.8 Å². The number of aliphatic hydroxyl groups excluding tert-OH is 1. The monoisotopic (exact) mass is 226 g/mol. The third-order valence-corrected chi connectivity index (χ3v) is 4.28. The van der Waals surface area contributed by atoms with Gasteiger partial charge in [0.1, 0.15) is 0 Å². The van der Waals surface area contributed by atoms with Gasteiger partial charge < -0.3 is 9.84 Å². The van der Waals surface area contributed by atoms with E-state index in [0.717, 1.165) is 30.9 Å². The van der Waals surface area contributed by atoms with Crippen molar-refractivity contribution in [1.29, 1.82) is 0 Å². The van der Waals surface area contributed by atoms with Gasteiger partial charge in [-0.05, 0) is 44.2 Å². The van der Waals surface area contributed by atoms with Gasteiger partial charge >= 0.3 is 0 Å². The van der Waals surface area contributed by atoms with Crippen LogP contribution in [0.4, 0.5) is 0 Å². The van der Waals surface area contributed by atoms with Gasteiger partial charge in [0.2, 0.25) is 0 Å².